The zero-order valence-electron chi connectivity index (χ0n) is 10.2. The normalized spacial score (nSPS) is 17.9. The lowest BCUT2D eigenvalue weighted by Crippen LogP contribution is -2.62. The Labute approximate surface area is 91.3 Å². The van der Waals surface area contributed by atoms with E-state index in [2.05, 4.69) is 5.43 Å². The van der Waals surface area contributed by atoms with E-state index in [9.17, 15) is 4.79 Å². The Bertz CT molecular complexity index is 229. The number of hydrogen-bond acceptors (Lipinski definition) is 4. The molecule has 0 aromatic carbocycles. The first-order valence-electron chi connectivity index (χ1n) is 5.19. The molecule has 1 aliphatic heterocycles. The molecular weight excluding hydrogens is 194 g/mol. The molecule has 1 heterocycles. The molecule has 5 heteroatoms. The lowest BCUT2D eigenvalue weighted by molar-refractivity contribution is -0.00186. The van der Waals surface area contributed by atoms with Gasteiger partial charge < -0.3 is 9.64 Å². The Hall–Kier alpha value is -0.810. The Kier molecular flexibility index (Phi) is 3.57. The monoisotopic (exact) mass is 215 g/mol. The van der Waals surface area contributed by atoms with E-state index in [4.69, 9.17) is 4.74 Å². The topological polar surface area (TPSA) is 44.8 Å². The summed E-state index contributed by atoms with van der Waals surface area (Å²) in [6.07, 6.45) is -0.223. The third kappa shape index (κ3) is 4.05. The zero-order valence-corrected chi connectivity index (χ0v) is 10.2. The van der Waals surface area contributed by atoms with Crippen LogP contribution < -0.4 is 5.43 Å². The van der Waals surface area contributed by atoms with E-state index in [0.717, 1.165) is 0 Å². The van der Waals surface area contributed by atoms with Crippen LogP contribution in [0.15, 0.2) is 0 Å². The average molecular weight is 215 g/mol. The van der Waals surface area contributed by atoms with E-state index in [1.54, 1.807) is 4.90 Å². The molecule has 1 aliphatic rings. The van der Waals surface area contributed by atoms with Gasteiger partial charge in [0, 0.05) is 27.2 Å². The van der Waals surface area contributed by atoms with Crippen LogP contribution >= 0.6 is 0 Å². The number of likely N-dealkylation sites (tertiary alicyclic amines) is 1. The van der Waals surface area contributed by atoms with Gasteiger partial charge in [0.25, 0.3) is 0 Å². The predicted molar refractivity (Wildman–Crippen MR) is 58.4 cm³/mol. The van der Waals surface area contributed by atoms with Gasteiger partial charge in [-0.2, -0.15) is 0 Å². The first-order valence-corrected chi connectivity index (χ1v) is 5.19. The minimum absolute atomic E-state index is 0.223. The molecule has 0 aliphatic carbocycles. The van der Waals surface area contributed by atoms with Gasteiger partial charge in [-0.1, -0.05) is 0 Å². The second-order valence-corrected chi connectivity index (χ2v) is 5.11. The molecule has 0 saturated carbocycles. The number of nitrogens with one attached hydrogen (secondary N) is 1. The summed E-state index contributed by atoms with van der Waals surface area (Å²) in [4.78, 5) is 13.2. The van der Waals surface area contributed by atoms with E-state index < -0.39 is 5.60 Å². The number of hydrazine groups is 1. The van der Waals surface area contributed by atoms with Crippen LogP contribution in [0.4, 0.5) is 4.79 Å². The first-order chi connectivity index (χ1) is 6.78. The number of ether oxygens (including phenoxy) is 1. The molecule has 88 valence electrons. The third-order valence-corrected chi connectivity index (χ3v) is 1.97. The highest BCUT2D eigenvalue weighted by Gasteiger charge is 2.33. The van der Waals surface area contributed by atoms with Gasteiger partial charge in [0.1, 0.15) is 5.60 Å². The maximum absolute atomic E-state index is 11.5. The summed E-state index contributed by atoms with van der Waals surface area (Å²) in [5.74, 6) is 0. The molecule has 0 aromatic heterocycles. The molecule has 0 aromatic rings. The molecule has 0 unspecified atom stereocenters. The van der Waals surface area contributed by atoms with Crippen molar-refractivity contribution in [3.8, 4) is 0 Å². The van der Waals surface area contributed by atoms with E-state index in [-0.39, 0.29) is 6.09 Å². The first kappa shape index (κ1) is 12.3. The van der Waals surface area contributed by atoms with Gasteiger partial charge in [-0.3, -0.25) is 5.01 Å². The molecule has 1 fully saturated rings. The molecular formula is C10H21N3O2. The van der Waals surface area contributed by atoms with Gasteiger partial charge in [-0.05, 0) is 20.8 Å². The van der Waals surface area contributed by atoms with Gasteiger partial charge in [0.05, 0.1) is 6.04 Å². The second kappa shape index (κ2) is 4.37. The van der Waals surface area contributed by atoms with Crippen LogP contribution in [0, 0.1) is 0 Å². The summed E-state index contributed by atoms with van der Waals surface area (Å²) in [5.41, 5.74) is 2.81. The van der Waals surface area contributed by atoms with Crippen LogP contribution in [0.25, 0.3) is 0 Å². The molecule has 1 amide bonds. The summed E-state index contributed by atoms with van der Waals surface area (Å²) in [5, 5.41) is 1.90. The van der Waals surface area contributed by atoms with Crippen molar-refractivity contribution in [2.24, 2.45) is 0 Å². The summed E-state index contributed by atoms with van der Waals surface area (Å²) in [6.45, 7) is 7.06. The highest BCUT2D eigenvalue weighted by molar-refractivity contribution is 5.69. The number of carbonyl (C=O) groups excluding carboxylic acids is 1. The lowest BCUT2D eigenvalue weighted by atomic mass is 10.1. The fourth-order valence-electron chi connectivity index (χ4n) is 1.40. The van der Waals surface area contributed by atoms with Crippen LogP contribution in [0.2, 0.25) is 0 Å². The van der Waals surface area contributed by atoms with E-state index in [1.165, 1.54) is 0 Å². The zero-order chi connectivity index (χ0) is 11.6. The highest BCUT2D eigenvalue weighted by atomic mass is 16.6. The summed E-state index contributed by atoms with van der Waals surface area (Å²) in [7, 11) is 3.88. The van der Waals surface area contributed by atoms with Crippen LogP contribution in [-0.4, -0.2) is 54.8 Å². The van der Waals surface area contributed by atoms with Crippen molar-refractivity contribution in [3.05, 3.63) is 0 Å². The summed E-state index contributed by atoms with van der Waals surface area (Å²) < 4.78 is 5.24. The number of hydrogen-bond donors (Lipinski definition) is 1. The maximum Gasteiger partial charge on any atom is 0.410 e. The third-order valence-electron chi connectivity index (χ3n) is 1.97. The molecule has 1 N–H and O–H groups in total. The van der Waals surface area contributed by atoms with Gasteiger partial charge >= 0.3 is 6.09 Å². The average Bonchev–Trinajstić information content (AvgIpc) is 1.91. The summed E-state index contributed by atoms with van der Waals surface area (Å²) in [6, 6.07) is 0.354. The fraction of sp³-hybridized carbons (Fsp3) is 0.900. The SMILES string of the molecule is CN(C)NC1CN(C(=O)OC(C)(C)C)C1. The Balaban J connectivity index is 2.24. The van der Waals surface area contributed by atoms with Crippen LogP contribution in [-0.2, 0) is 4.74 Å². The number of nitrogens with zero attached hydrogens (tertiary/aromatic N) is 2. The van der Waals surface area contributed by atoms with Crippen molar-refractivity contribution in [2.45, 2.75) is 32.4 Å². The minimum Gasteiger partial charge on any atom is -0.444 e. The Morgan fingerprint density at radius 1 is 1.40 bits per heavy atom. The van der Waals surface area contributed by atoms with Crippen molar-refractivity contribution < 1.29 is 9.53 Å². The molecule has 15 heavy (non-hydrogen) atoms. The largest absolute Gasteiger partial charge is 0.444 e. The van der Waals surface area contributed by atoms with Gasteiger partial charge in [0.15, 0.2) is 0 Å². The predicted octanol–water partition coefficient (Wildman–Crippen LogP) is 0.672. The van der Waals surface area contributed by atoms with Gasteiger partial charge in [-0.15, -0.1) is 0 Å². The fourth-order valence-corrected chi connectivity index (χ4v) is 1.40. The molecule has 1 saturated heterocycles. The van der Waals surface area contributed by atoms with Gasteiger partial charge in [0.2, 0.25) is 0 Å². The smallest absolute Gasteiger partial charge is 0.410 e. The van der Waals surface area contributed by atoms with Crippen LogP contribution in [0.3, 0.4) is 0 Å². The van der Waals surface area contributed by atoms with Crippen molar-refractivity contribution in [1.29, 1.82) is 0 Å². The molecule has 0 bridgehead atoms. The number of amides is 1. The van der Waals surface area contributed by atoms with E-state index in [1.807, 2.05) is 39.9 Å². The number of rotatable bonds is 2. The van der Waals surface area contributed by atoms with Crippen molar-refractivity contribution in [2.75, 3.05) is 27.2 Å². The van der Waals surface area contributed by atoms with E-state index >= 15 is 0 Å². The number of carbonyl (C=O) groups is 1. The standard InChI is InChI=1S/C10H21N3O2/c1-10(2,3)15-9(14)13-6-8(7-13)11-12(4)5/h8,11H,6-7H2,1-5H3. The quantitative estimate of drug-likeness (QED) is 0.688. The molecule has 1 rings (SSSR count). The minimum atomic E-state index is -0.406. The van der Waals surface area contributed by atoms with E-state index in [0.29, 0.717) is 19.1 Å². The molecule has 5 nitrogen and oxygen atoms in total. The summed E-state index contributed by atoms with van der Waals surface area (Å²) >= 11 is 0. The van der Waals surface area contributed by atoms with Crippen molar-refractivity contribution in [3.63, 3.8) is 0 Å². The van der Waals surface area contributed by atoms with Crippen molar-refractivity contribution in [1.82, 2.24) is 15.3 Å². The Morgan fingerprint density at radius 2 is 1.93 bits per heavy atom. The molecule has 0 spiro atoms. The molecule has 0 radical (unpaired) electrons. The molecule has 0 atom stereocenters. The van der Waals surface area contributed by atoms with Crippen LogP contribution in [0.5, 0.6) is 0 Å². The Morgan fingerprint density at radius 3 is 2.33 bits per heavy atom. The second-order valence-electron chi connectivity index (χ2n) is 5.11. The lowest BCUT2D eigenvalue weighted by Gasteiger charge is -2.41. The van der Waals surface area contributed by atoms with Gasteiger partial charge in [-0.25, -0.2) is 10.2 Å². The highest BCUT2D eigenvalue weighted by Crippen LogP contribution is 2.14. The van der Waals surface area contributed by atoms with Crippen LogP contribution in [0.1, 0.15) is 20.8 Å². The van der Waals surface area contributed by atoms with Crippen molar-refractivity contribution >= 4 is 6.09 Å². The maximum atomic E-state index is 11.5.